The normalized spacial score (nSPS) is 13.5. The zero-order valence-corrected chi connectivity index (χ0v) is 11.2. The molecule has 0 N–H and O–H groups in total. The van der Waals surface area contributed by atoms with Crippen LogP contribution in [-0.4, -0.2) is 10.7 Å². The van der Waals surface area contributed by atoms with Gasteiger partial charge in [-0.25, -0.2) is 0 Å². The summed E-state index contributed by atoms with van der Waals surface area (Å²) >= 11 is 17.3. The van der Waals surface area contributed by atoms with Gasteiger partial charge in [-0.3, -0.25) is 0 Å². The molecule has 1 atom stereocenters. The third-order valence-electron chi connectivity index (χ3n) is 2.48. The van der Waals surface area contributed by atoms with E-state index in [0.29, 0.717) is 5.88 Å². The summed E-state index contributed by atoms with van der Waals surface area (Å²) in [5, 5.41) is 0. The van der Waals surface area contributed by atoms with Crippen LogP contribution in [0, 0.1) is 5.92 Å². The standard InChI is InChI=1S/C11H21Cl3/c1-2-3-4-5-6-7-8-10(9-12)11(13)14/h10-11H,2-9H2,1H3. The predicted octanol–water partition coefficient (Wildman–Crippen LogP) is 5.40. The molecule has 3 heteroatoms. The van der Waals surface area contributed by atoms with Crippen LogP contribution in [0.1, 0.15) is 51.9 Å². The van der Waals surface area contributed by atoms with Gasteiger partial charge in [-0.15, -0.1) is 34.8 Å². The summed E-state index contributed by atoms with van der Waals surface area (Å²) in [6, 6.07) is 0. The number of alkyl halides is 3. The Hall–Kier alpha value is 0.870. The Morgan fingerprint density at radius 3 is 2.00 bits per heavy atom. The van der Waals surface area contributed by atoms with Crippen LogP contribution in [0.15, 0.2) is 0 Å². The van der Waals surface area contributed by atoms with Crippen molar-refractivity contribution >= 4 is 34.8 Å². The lowest BCUT2D eigenvalue weighted by atomic mass is 10.0. The molecule has 0 aromatic heterocycles. The number of rotatable bonds is 9. The van der Waals surface area contributed by atoms with E-state index in [4.69, 9.17) is 34.8 Å². The monoisotopic (exact) mass is 258 g/mol. The van der Waals surface area contributed by atoms with E-state index in [1.807, 2.05) is 0 Å². The molecule has 0 bridgehead atoms. The average molecular weight is 260 g/mol. The van der Waals surface area contributed by atoms with Gasteiger partial charge in [0.05, 0.1) is 0 Å². The van der Waals surface area contributed by atoms with E-state index in [1.54, 1.807) is 0 Å². The average Bonchev–Trinajstić information content (AvgIpc) is 2.16. The highest BCUT2D eigenvalue weighted by molar-refractivity contribution is 6.44. The van der Waals surface area contributed by atoms with Crippen molar-refractivity contribution in [3.05, 3.63) is 0 Å². The Balaban J connectivity index is 3.25. The zero-order valence-electron chi connectivity index (χ0n) is 8.95. The summed E-state index contributed by atoms with van der Waals surface area (Å²) in [6.45, 7) is 2.23. The Bertz CT molecular complexity index is 115. The second-order valence-electron chi connectivity index (χ2n) is 3.81. The summed E-state index contributed by atoms with van der Waals surface area (Å²) in [5.41, 5.74) is 0. The molecular weight excluding hydrogens is 238 g/mol. The number of unbranched alkanes of at least 4 members (excludes halogenated alkanes) is 5. The topological polar surface area (TPSA) is 0 Å². The van der Waals surface area contributed by atoms with Crippen molar-refractivity contribution in [1.82, 2.24) is 0 Å². The summed E-state index contributed by atoms with van der Waals surface area (Å²) < 4.78 is 0. The highest BCUT2D eigenvalue weighted by atomic mass is 35.5. The van der Waals surface area contributed by atoms with Crippen molar-refractivity contribution in [3.8, 4) is 0 Å². The van der Waals surface area contributed by atoms with Gasteiger partial charge < -0.3 is 0 Å². The van der Waals surface area contributed by atoms with Crippen molar-refractivity contribution in [1.29, 1.82) is 0 Å². The van der Waals surface area contributed by atoms with Crippen LogP contribution in [0.25, 0.3) is 0 Å². The first-order chi connectivity index (χ1) is 6.72. The van der Waals surface area contributed by atoms with E-state index < -0.39 is 0 Å². The van der Waals surface area contributed by atoms with Gasteiger partial charge >= 0.3 is 0 Å². The van der Waals surface area contributed by atoms with E-state index in [9.17, 15) is 0 Å². The summed E-state index contributed by atoms with van der Waals surface area (Å²) in [6.07, 6.45) is 8.89. The lowest BCUT2D eigenvalue weighted by Gasteiger charge is -2.13. The second-order valence-corrected chi connectivity index (χ2v) is 5.28. The van der Waals surface area contributed by atoms with Gasteiger partial charge in [-0.05, 0) is 6.42 Å². The van der Waals surface area contributed by atoms with Crippen molar-refractivity contribution in [2.45, 2.75) is 56.7 Å². The Labute approximate surface area is 103 Å². The summed E-state index contributed by atoms with van der Waals surface area (Å²) in [7, 11) is 0. The van der Waals surface area contributed by atoms with E-state index in [2.05, 4.69) is 6.92 Å². The van der Waals surface area contributed by atoms with Gasteiger partial charge in [0.2, 0.25) is 0 Å². The molecule has 0 rings (SSSR count). The van der Waals surface area contributed by atoms with E-state index in [0.717, 1.165) is 6.42 Å². The summed E-state index contributed by atoms with van der Waals surface area (Å²) in [5.74, 6) is 0.846. The van der Waals surface area contributed by atoms with E-state index in [1.165, 1.54) is 38.5 Å². The SMILES string of the molecule is CCCCCCCCC(CCl)C(Cl)Cl. The number of hydrogen-bond donors (Lipinski definition) is 0. The minimum Gasteiger partial charge on any atom is -0.126 e. The van der Waals surface area contributed by atoms with Gasteiger partial charge in [0.15, 0.2) is 0 Å². The minimum absolute atomic E-state index is 0.270. The fourth-order valence-corrected chi connectivity index (χ4v) is 2.40. The third kappa shape index (κ3) is 8.20. The molecule has 0 saturated heterocycles. The number of hydrogen-bond acceptors (Lipinski definition) is 0. The zero-order chi connectivity index (χ0) is 10.8. The molecule has 0 heterocycles. The van der Waals surface area contributed by atoms with Crippen LogP contribution in [0.3, 0.4) is 0 Å². The first kappa shape index (κ1) is 14.9. The van der Waals surface area contributed by atoms with Crippen LogP contribution >= 0.6 is 34.8 Å². The van der Waals surface area contributed by atoms with E-state index in [-0.39, 0.29) is 10.8 Å². The Kier molecular flexibility index (Phi) is 11.0. The molecule has 0 aliphatic heterocycles. The second kappa shape index (κ2) is 10.4. The Morgan fingerprint density at radius 2 is 1.50 bits per heavy atom. The van der Waals surface area contributed by atoms with E-state index >= 15 is 0 Å². The molecule has 0 aliphatic rings. The predicted molar refractivity (Wildman–Crippen MR) is 67.7 cm³/mol. The third-order valence-corrected chi connectivity index (χ3v) is 3.59. The number of halogens is 3. The highest BCUT2D eigenvalue weighted by Crippen LogP contribution is 2.23. The van der Waals surface area contributed by atoms with Gasteiger partial charge in [0.25, 0.3) is 0 Å². The van der Waals surface area contributed by atoms with Gasteiger partial charge in [0.1, 0.15) is 4.84 Å². The highest BCUT2D eigenvalue weighted by Gasteiger charge is 2.14. The molecule has 0 fully saturated rings. The first-order valence-electron chi connectivity index (χ1n) is 5.56. The van der Waals surface area contributed by atoms with Crippen LogP contribution in [-0.2, 0) is 0 Å². The largest absolute Gasteiger partial charge is 0.126 e. The molecule has 0 aromatic rings. The van der Waals surface area contributed by atoms with Gasteiger partial charge in [-0.1, -0.05) is 45.4 Å². The molecule has 0 nitrogen and oxygen atoms in total. The molecule has 0 aromatic carbocycles. The lowest BCUT2D eigenvalue weighted by molar-refractivity contribution is 0.508. The van der Waals surface area contributed by atoms with Crippen molar-refractivity contribution in [3.63, 3.8) is 0 Å². The molecule has 0 spiro atoms. The van der Waals surface area contributed by atoms with Gasteiger partial charge in [0, 0.05) is 11.8 Å². The van der Waals surface area contributed by atoms with Crippen molar-refractivity contribution in [2.24, 2.45) is 5.92 Å². The molecule has 1 unspecified atom stereocenters. The molecule has 14 heavy (non-hydrogen) atoms. The van der Waals surface area contributed by atoms with Crippen molar-refractivity contribution in [2.75, 3.05) is 5.88 Å². The quantitative estimate of drug-likeness (QED) is 0.384. The molecular formula is C11H21Cl3. The maximum Gasteiger partial charge on any atom is 0.111 e. The van der Waals surface area contributed by atoms with Crippen LogP contribution in [0.4, 0.5) is 0 Å². The minimum atomic E-state index is -0.303. The molecule has 0 saturated carbocycles. The smallest absolute Gasteiger partial charge is 0.111 e. The van der Waals surface area contributed by atoms with Crippen LogP contribution in [0.5, 0.6) is 0 Å². The maximum atomic E-state index is 5.79. The molecule has 0 amide bonds. The molecule has 0 radical (unpaired) electrons. The van der Waals surface area contributed by atoms with Gasteiger partial charge in [-0.2, -0.15) is 0 Å². The maximum absolute atomic E-state index is 5.79. The van der Waals surface area contributed by atoms with Crippen LogP contribution in [0.2, 0.25) is 0 Å². The fourth-order valence-electron chi connectivity index (χ4n) is 1.46. The first-order valence-corrected chi connectivity index (χ1v) is 6.97. The summed E-state index contributed by atoms with van der Waals surface area (Å²) in [4.78, 5) is -0.303. The fraction of sp³-hybridized carbons (Fsp3) is 1.00. The Morgan fingerprint density at radius 1 is 0.929 bits per heavy atom. The van der Waals surface area contributed by atoms with Crippen molar-refractivity contribution < 1.29 is 0 Å². The molecule has 0 aliphatic carbocycles. The lowest BCUT2D eigenvalue weighted by Crippen LogP contribution is -2.10. The molecule has 86 valence electrons. The van der Waals surface area contributed by atoms with Crippen LogP contribution < -0.4 is 0 Å².